The fourth-order valence-electron chi connectivity index (χ4n) is 4.31. The third-order valence-corrected chi connectivity index (χ3v) is 6.80. The molecule has 0 bridgehead atoms. The van der Waals surface area contributed by atoms with E-state index in [1.54, 1.807) is 0 Å². The van der Waals surface area contributed by atoms with Gasteiger partial charge in [-0.2, -0.15) is 13.2 Å². The van der Waals surface area contributed by atoms with Crippen LogP contribution in [0.1, 0.15) is 24.0 Å². The van der Waals surface area contributed by atoms with Crippen LogP contribution in [0.5, 0.6) is 11.5 Å². The number of carbonyl (C=O) groups excluding carboxylic acids is 1. The van der Waals surface area contributed by atoms with Crippen molar-refractivity contribution in [3.8, 4) is 22.6 Å². The van der Waals surface area contributed by atoms with E-state index in [0.717, 1.165) is 36.1 Å². The molecule has 2 N–H and O–H groups in total. The number of halogens is 5. The molecular formula is C26H20ClF4NO6. The quantitative estimate of drug-likeness (QED) is 0.225. The van der Waals surface area contributed by atoms with Crippen LogP contribution in [0.4, 0.5) is 28.0 Å². The molecule has 3 aromatic carbocycles. The third kappa shape index (κ3) is 4.74. The smallest absolute Gasteiger partial charge is 0.482 e. The molecular weight excluding hydrogens is 534 g/mol. The molecule has 1 heterocycles. The first kappa shape index (κ1) is 27.2. The summed E-state index contributed by atoms with van der Waals surface area (Å²) >= 11 is 6.38. The lowest BCUT2D eigenvalue weighted by Crippen LogP contribution is -2.47. The van der Waals surface area contributed by atoms with Gasteiger partial charge in [0, 0.05) is 18.0 Å². The van der Waals surface area contributed by atoms with Crippen molar-refractivity contribution in [3.05, 3.63) is 76.6 Å². The molecule has 2 atom stereocenters. The van der Waals surface area contributed by atoms with Gasteiger partial charge in [-0.05, 0) is 52.6 Å². The minimum absolute atomic E-state index is 0.0437. The Kier molecular flexibility index (Phi) is 7.02. The average molecular weight is 554 g/mol. The van der Waals surface area contributed by atoms with Crippen molar-refractivity contribution in [2.24, 2.45) is 0 Å². The number of benzene rings is 3. The molecule has 0 saturated carbocycles. The second-order valence-corrected chi connectivity index (χ2v) is 9.07. The average Bonchev–Trinajstić information content (AvgIpc) is 2.85. The molecule has 0 fully saturated rings. The van der Waals surface area contributed by atoms with Gasteiger partial charge in [0.2, 0.25) is 0 Å². The number of fused-ring (bicyclic) bond motifs is 1. The lowest BCUT2D eigenvalue weighted by molar-refractivity contribution is -0.274. The van der Waals surface area contributed by atoms with E-state index in [1.807, 2.05) is 0 Å². The molecule has 0 spiro atoms. The molecule has 2 unspecified atom stereocenters. The van der Waals surface area contributed by atoms with Crippen LogP contribution in [0.25, 0.3) is 11.1 Å². The summed E-state index contributed by atoms with van der Waals surface area (Å²) in [6.45, 7) is 0.901. The van der Waals surface area contributed by atoms with Gasteiger partial charge in [-0.3, -0.25) is 4.79 Å². The van der Waals surface area contributed by atoms with Crippen LogP contribution in [-0.2, 0) is 10.4 Å². The van der Waals surface area contributed by atoms with Gasteiger partial charge >= 0.3 is 12.3 Å². The van der Waals surface area contributed by atoms with Crippen molar-refractivity contribution in [3.63, 3.8) is 0 Å². The van der Waals surface area contributed by atoms with E-state index in [-0.39, 0.29) is 34.2 Å². The largest absolute Gasteiger partial charge is 0.511 e. The molecule has 1 amide bonds. The van der Waals surface area contributed by atoms with Crippen LogP contribution >= 0.6 is 11.6 Å². The standard InChI is InChI=1S/C26H20ClF4NO6/c1-13(17-6-3-14(9-18(17)27)15-4-7-19(28)22(10-15)38-24(34)35)25(36,26(29,30)31)16-5-8-21-20(11-16)32(2)23(33)12-37-21/h3-11,13,36H,12H2,1-2H3,(H,34,35). The number of carbonyl (C=O) groups is 2. The van der Waals surface area contributed by atoms with Crippen molar-refractivity contribution in [1.29, 1.82) is 0 Å². The maximum absolute atomic E-state index is 14.5. The van der Waals surface area contributed by atoms with E-state index in [0.29, 0.717) is 5.56 Å². The maximum Gasteiger partial charge on any atom is 0.511 e. The van der Waals surface area contributed by atoms with Crippen LogP contribution in [0.15, 0.2) is 54.6 Å². The van der Waals surface area contributed by atoms with E-state index < -0.39 is 46.9 Å². The molecule has 0 aromatic heterocycles. The number of anilines is 1. The van der Waals surface area contributed by atoms with Crippen LogP contribution in [0, 0.1) is 5.82 Å². The fraction of sp³-hybridized carbons (Fsp3) is 0.231. The first-order valence-corrected chi connectivity index (χ1v) is 11.4. The van der Waals surface area contributed by atoms with E-state index in [2.05, 4.69) is 4.74 Å². The van der Waals surface area contributed by atoms with Crippen molar-refractivity contribution in [2.75, 3.05) is 18.6 Å². The second kappa shape index (κ2) is 9.80. The number of likely N-dealkylation sites (N-methyl/N-ethyl adjacent to an activating group) is 1. The van der Waals surface area contributed by atoms with Crippen molar-refractivity contribution >= 4 is 29.4 Å². The molecule has 4 rings (SSSR count). The highest BCUT2D eigenvalue weighted by Gasteiger charge is 2.59. The lowest BCUT2D eigenvalue weighted by Gasteiger charge is -2.38. The minimum atomic E-state index is -5.15. The number of hydrogen-bond acceptors (Lipinski definition) is 5. The van der Waals surface area contributed by atoms with Crippen LogP contribution in [0.2, 0.25) is 5.02 Å². The Morgan fingerprint density at radius 2 is 1.76 bits per heavy atom. The Labute approximate surface area is 218 Å². The van der Waals surface area contributed by atoms with E-state index in [1.165, 1.54) is 37.4 Å². The lowest BCUT2D eigenvalue weighted by atomic mass is 9.77. The molecule has 38 heavy (non-hydrogen) atoms. The van der Waals surface area contributed by atoms with E-state index in [4.69, 9.17) is 21.4 Å². The highest BCUT2D eigenvalue weighted by molar-refractivity contribution is 6.31. The van der Waals surface area contributed by atoms with Gasteiger partial charge in [0.25, 0.3) is 5.91 Å². The zero-order valence-electron chi connectivity index (χ0n) is 19.8. The van der Waals surface area contributed by atoms with Gasteiger partial charge in [0.15, 0.2) is 23.8 Å². The number of nitrogens with zero attached hydrogens (tertiary/aromatic N) is 1. The van der Waals surface area contributed by atoms with E-state index in [9.17, 15) is 32.3 Å². The zero-order chi connectivity index (χ0) is 28.0. The molecule has 1 aliphatic heterocycles. The number of rotatable bonds is 5. The number of aliphatic hydroxyl groups is 1. The molecule has 12 heteroatoms. The summed E-state index contributed by atoms with van der Waals surface area (Å²) < 4.78 is 67.0. The normalized spacial score (nSPS) is 15.8. The summed E-state index contributed by atoms with van der Waals surface area (Å²) in [6.07, 6.45) is -6.88. The number of ether oxygens (including phenoxy) is 2. The van der Waals surface area contributed by atoms with Gasteiger partial charge in [0.05, 0.1) is 5.69 Å². The summed E-state index contributed by atoms with van der Waals surface area (Å²) in [4.78, 5) is 23.9. The first-order valence-electron chi connectivity index (χ1n) is 11.1. The number of carboxylic acid groups (broad SMARTS) is 1. The third-order valence-electron chi connectivity index (χ3n) is 6.47. The van der Waals surface area contributed by atoms with Gasteiger partial charge in [-0.15, -0.1) is 0 Å². The van der Waals surface area contributed by atoms with Crippen molar-refractivity contribution in [1.82, 2.24) is 0 Å². The summed E-state index contributed by atoms with van der Waals surface area (Å²) in [5.41, 5.74) is -3.27. The van der Waals surface area contributed by atoms with Gasteiger partial charge < -0.3 is 24.6 Å². The van der Waals surface area contributed by atoms with Gasteiger partial charge in [-0.25, -0.2) is 9.18 Å². The highest BCUT2D eigenvalue weighted by atomic mass is 35.5. The Morgan fingerprint density at radius 3 is 2.39 bits per heavy atom. The second-order valence-electron chi connectivity index (χ2n) is 8.66. The van der Waals surface area contributed by atoms with Gasteiger partial charge in [0.1, 0.15) is 5.75 Å². The summed E-state index contributed by atoms with van der Waals surface area (Å²) in [6, 6.07) is 10.8. The highest BCUT2D eigenvalue weighted by Crippen LogP contribution is 2.51. The van der Waals surface area contributed by atoms with Crippen molar-refractivity contribution in [2.45, 2.75) is 24.6 Å². The van der Waals surface area contributed by atoms with Crippen LogP contribution in [0.3, 0.4) is 0 Å². The molecule has 0 aliphatic carbocycles. The number of hydrogen-bond donors (Lipinski definition) is 2. The Morgan fingerprint density at radius 1 is 1.11 bits per heavy atom. The SMILES string of the molecule is CC(c1ccc(-c2ccc(F)c(OC(=O)O)c2)cc1Cl)C(O)(c1ccc2c(c1)N(C)C(=O)CO2)C(F)(F)F. The molecule has 0 radical (unpaired) electrons. The van der Waals surface area contributed by atoms with Crippen LogP contribution in [-0.4, -0.2) is 42.1 Å². The monoisotopic (exact) mass is 553 g/mol. The number of amides is 1. The Hall–Kier alpha value is -3.83. The molecule has 0 saturated heterocycles. The van der Waals surface area contributed by atoms with Gasteiger partial charge in [-0.1, -0.05) is 42.8 Å². The Bertz CT molecular complexity index is 1430. The molecule has 200 valence electrons. The topological polar surface area (TPSA) is 96.3 Å². The van der Waals surface area contributed by atoms with Crippen molar-refractivity contribution < 1.29 is 46.8 Å². The van der Waals surface area contributed by atoms with E-state index >= 15 is 0 Å². The zero-order valence-corrected chi connectivity index (χ0v) is 20.6. The Balaban J connectivity index is 1.75. The first-order chi connectivity index (χ1) is 17.7. The minimum Gasteiger partial charge on any atom is -0.482 e. The maximum atomic E-state index is 14.5. The summed E-state index contributed by atoms with van der Waals surface area (Å²) in [5.74, 6) is -3.37. The van der Waals surface area contributed by atoms with Crippen LogP contribution < -0.4 is 14.4 Å². The molecule has 3 aromatic rings. The molecule has 7 nitrogen and oxygen atoms in total. The predicted octanol–water partition coefficient (Wildman–Crippen LogP) is 6.11. The summed E-state index contributed by atoms with van der Waals surface area (Å²) in [5, 5.41) is 19.9. The number of alkyl halides is 3. The summed E-state index contributed by atoms with van der Waals surface area (Å²) in [7, 11) is 1.39. The predicted molar refractivity (Wildman–Crippen MR) is 129 cm³/mol. The molecule has 1 aliphatic rings. The fourth-order valence-corrected chi connectivity index (χ4v) is 4.65.